The first-order chi connectivity index (χ1) is 9.17. The topological polar surface area (TPSA) is 51.4 Å². The van der Waals surface area contributed by atoms with Crippen molar-refractivity contribution in [3.05, 3.63) is 22.8 Å². The number of hydrogen-bond acceptors (Lipinski definition) is 4. The highest BCUT2D eigenvalue weighted by molar-refractivity contribution is 6.33. The fraction of sp³-hybridized carbons (Fsp3) is 0.643. The minimum atomic E-state index is 0.420. The lowest BCUT2D eigenvalue weighted by Gasteiger charge is -2.32. The zero-order valence-corrected chi connectivity index (χ0v) is 12.8. The Labute approximate surface area is 120 Å². The zero-order valence-electron chi connectivity index (χ0n) is 12.0. The summed E-state index contributed by atoms with van der Waals surface area (Å²) in [5.41, 5.74) is 6.55. The molecule has 1 aromatic heterocycles. The van der Waals surface area contributed by atoms with Gasteiger partial charge in [0.25, 0.3) is 0 Å². The van der Waals surface area contributed by atoms with E-state index in [4.69, 9.17) is 22.1 Å². The SMILES string of the molecule is CCC(CC)N(CCOC)c1ncc(CN)cc1Cl. The first-order valence-electron chi connectivity index (χ1n) is 6.77. The Balaban J connectivity index is 3.01. The van der Waals surface area contributed by atoms with Gasteiger partial charge in [-0.2, -0.15) is 0 Å². The highest BCUT2D eigenvalue weighted by atomic mass is 35.5. The van der Waals surface area contributed by atoms with E-state index in [1.54, 1.807) is 13.3 Å². The number of nitrogens with two attached hydrogens (primary N) is 1. The molecule has 0 amide bonds. The van der Waals surface area contributed by atoms with E-state index in [0.29, 0.717) is 24.2 Å². The van der Waals surface area contributed by atoms with E-state index in [2.05, 4.69) is 23.7 Å². The van der Waals surface area contributed by atoms with Crippen LogP contribution < -0.4 is 10.6 Å². The fourth-order valence-corrected chi connectivity index (χ4v) is 2.47. The minimum Gasteiger partial charge on any atom is -0.383 e. The van der Waals surface area contributed by atoms with E-state index in [1.165, 1.54) is 0 Å². The lowest BCUT2D eigenvalue weighted by molar-refractivity contribution is 0.202. The van der Waals surface area contributed by atoms with Crippen LogP contribution in [0, 0.1) is 0 Å². The van der Waals surface area contributed by atoms with Crippen LogP contribution in [0.5, 0.6) is 0 Å². The highest BCUT2D eigenvalue weighted by Crippen LogP contribution is 2.27. The summed E-state index contributed by atoms with van der Waals surface area (Å²) < 4.78 is 5.19. The van der Waals surface area contributed by atoms with Crippen molar-refractivity contribution in [1.29, 1.82) is 0 Å². The molecule has 2 N–H and O–H groups in total. The Morgan fingerprint density at radius 1 is 1.42 bits per heavy atom. The Bertz CT molecular complexity index is 383. The predicted molar refractivity (Wildman–Crippen MR) is 80.7 cm³/mol. The number of anilines is 1. The monoisotopic (exact) mass is 285 g/mol. The third-order valence-corrected chi connectivity index (χ3v) is 3.58. The molecular weight excluding hydrogens is 262 g/mol. The van der Waals surface area contributed by atoms with Gasteiger partial charge in [-0.3, -0.25) is 0 Å². The van der Waals surface area contributed by atoms with Crippen molar-refractivity contribution in [3.63, 3.8) is 0 Å². The summed E-state index contributed by atoms with van der Waals surface area (Å²) in [4.78, 5) is 6.71. The lowest BCUT2D eigenvalue weighted by atomic mass is 10.1. The Morgan fingerprint density at radius 3 is 2.58 bits per heavy atom. The van der Waals surface area contributed by atoms with E-state index in [9.17, 15) is 0 Å². The number of methoxy groups -OCH3 is 1. The third kappa shape index (κ3) is 4.34. The zero-order chi connectivity index (χ0) is 14.3. The van der Waals surface area contributed by atoms with Crippen LogP contribution in [0.1, 0.15) is 32.3 Å². The van der Waals surface area contributed by atoms with E-state index in [1.807, 2.05) is 6.07 Å². The maximum Gasteiger partial charge on any atom is 0.147 e. The summed E-state index contributed by atoms with van der Waals surface area (Å²) in [5.74, 6) is 0.824. The van der Waals surface area contributed by atoms with Gasteiger partial charge in [-0.15, -0.1) is 0 Å². The third-order valence-electron chi connectivity index (χ3n) is 3.31. The van der Waals surface area contributed by atoms with Gasteiger partial charge in [0, 0.05) is 32.4 Å². The molecule has 0 saturated carbocycles. The molecule has 0 unspecified atom stereocenters. The smallest absolute Gasteiger partial charge is 0.147 e. The molecule has 0 spiro atoms. The predicted octanol–water partition coefficient (Wildman–Crippen LogP) is 2.84. The van der Waals surface area contributed by atoms with Crippen LogP contribution in [-0.4, -0.2) is 31.3 Å². The maximum atomic E-state index is 6.34. The lowest BCUT2D eigenvalue weighted by Crippen LogP contribution is -2.38. The normalized spacial score (nSPS) is 11.1. The summed E-state index contributed by atoms with van der Waals surface area (Å²) in [6, 6.07) is 2.32. The molecule has 0 aliphatic rings. The van der Waals surface area contributed by atoms with Gasteiger partial charge in [-0.05, 0) is 24.5 Å². The van der Waals surface area contributed by atoms with E-state index >= 15 is 0 Å². The van der Waals surface area contributed by atoms with Gasteiger partial charge in [0.05, 0.1) is 11.6 Å². The van der Waals surface area contributed by atoms with Gasteiger partial charge >= 0.3 is 0 Å². The van der Waals surface area contributed by atoms with E-state index in [-0.39, 0.29) is 0 Å². The second kappa shape index (κ2) is 8.35. The fourth-order valence-electron chi connectivity index (χ4n) is 2.17. The van der Waals surface area contributed by atoms with Crippen LogP contribution in [0.15, 0.2) is 12.3 Å². The number of pyridine rings is 1. The van der Waals surface area contributed by atoms with Crippen LogP contribution in [0.4, 0.5) is 5.82 Å². The Hall–Kier alpha value is -0.840. The number of ether oxygens (including phenoxy) is 1. The molecule has 5 heteroatoms. The first-order valence-corrected chi connectivity index (χ1v) is 7.15. The van der Waals surface area contributed by atoms with Crippen molar-refractivity contribution in [2.24, 2.45) is 5.73 Å². The minimum absolute atomic E-state index is 0.420. The molecule has 0 fully saturated rings. The summed E-state index contributed by atoms with van der Waals surface area (Å²) in [7, 11) is 1.71. The van der Waals surface area contributed by atoms with E-state index in [0.717, 1.165) is 30.8 Å². The van der Waals surface area contributed by atoms with Crippen LogP contribution in [0.3, 0.4) is 0 Å². The average molecular weight is 286 g/mol. The molecule has 0 radical (unpaired) electrons. The van der Waals surface area contributed by atoms with Gasteiger partial charge in [-0.25, -0.2) is 4.98 Å². The van der Waals surface area contributed by atoms with Crippen LogP contribution in [0.2, 0.25) is 5.02 Å². The summed E-state index contributed by atoms with van der Waals surface area (Å²) >= 11 is 6.34. The molecule has 0 aromatic carbocycles. The molecule has 0 saturated heterocycles. The molecule has 1 rings (SSSR count). The number of rotatable bonds is 8. The van der Waals surface area contributed by atoms with Gasteiger partial charge in [0.15, 0.2) is 0 Å². The van der Waals surface area contributed by atoms with Gasteiger partial charge in [0.2, 0.25) is 0 Å². The number of halogens is 1. The molecule has 1 heterocycles. The van der Waals surface area contributed by atoms with Crippen molar-refractivity contribution in [3.8, 4) is 0 Å². The molecule has 0 aliphatic heterocycles. The summed E-state index contributed by atoms with van der Waals surface area (Å²) in [6.45, 7) is 6.26. The average Bonchev–Trinajstić information content (AvgIpc) is 2.44. The largest absolute Gasteiger partial charge is 0.383 e. The molecule has 0 aliphatic carbocycles. The van der Waals surface area contributed by atoms with Crippen LogP contribution in [-0.2, 0) is 11.3 Å². The number of hydrogen-bond donors (Lipinski definition) is 1. The Kier molecular flexibility index (Phi) is 7.13. The van der Waals surface area contributed by atoms with Gasteiger partial charge in [0.1, 0.15) is 5.82 Å². The molecule has 19 heavy (non-hydrogen) atoms. The van der Waals surface area contributed by atoms with Gasteiger partial charge in [-0.1, -0.05) is 25.4 Å². The quantitative estimate of drug-likeness (QED) is 0.798. The van der Waals surface area contributed by atoms with Crippen molar-refractivity contribution >= 4 is 17.4 Å². The van der Waals surface area contributed by atoms with Crippen molar-refractivity contribution in [2.45, 2.75) is 39.3 Å². The highest BCUT2D eigenvalue weighted by Gasteiger charge is 2.19. The first kappa shape index (κ1) is 16.2. The molecule has 108 valence electrons. The molecule has 4 nitrogen and oxygen atoms in total. The standard InChI is InChI=1S/C14H24ClN3O/c1-4-12(5-2)18(6-7-19-3)14-13(15)8-11(9-16)10-17-14/h8,10,12H,4-7,9,16H2,1-3H3. The van der Waals surface area contributed by atoms with Crippen LogP contribution in [0.25, 0.3) is 0 Å². The second-order valence-electron chi connectivity index (χ2n) is 4.51. The maximum absolute atomic E-state index is 6.34. The van der Waals surface area contributed by atoms with Crippen molar-refractivity contribution in [2.75, 3.05) is 25.2 Å². The van der Waals surface area contributed by atoms with Crippen molar-refractivity contribution in [1.82, 2.24) is 4.98 Å². The number of nitrogens with zero attached hydrogens (tertiary/aromatic N) is 2. The summed E-state index contributed by atoms with van der Waals surface area (Å²) in [5, 5.41) is 0.658. The second-order valence-corrected chi connectivity index (χ2v) is 4.92. The molecule has 0 atom stereocenters. The van der Waals surface area contributed by atoms with Gasteiger partial charge < -0.3 is 15.4 Å². The Morgan fingerprint density at radius 2 is 2.11 bits per heavy atom. The molecule has 1 aromatic rings. The summed E-state index contributed by atoms with van der Waals surface area (Å²) in [6.07, 6.45) is 3.90. The van der Waals surface area contributed by atoms with Crippen LogP contribution >= 0.6 is 11.6 Å². The number of aromatic nitrogens is 1. The molecule has 0 bridgehead atoms. The van der Waals surface area contributed by atoms with Crippen molar-refractivity contribution < 1.29 is 4.74 Å². The molecular formula is C14H24ClN3O. The van der Waals surface area contributed by atoms with E-state index < -0.39 is 0 Å².